The van der Waals surface area contributed by atoms with Gasteiger partial charge in [0, 0.05) is 35.8 Å². The van der Waals surface area contributed by atoms with Crippen molar-refractivity contribution in [3.8, 4) is 11.1 Å². The van der Waals surface area contributed by atoms with Crippen LogP contribution in [0.15, 0.2) is 66.6 Å². The normalized spacial score (nSPS) is 10.0. The minimum Gasteiger partial charge on any atom is -0.462 e. The molecule has 0 saturated carbocycles. The van der Waals surface area contributed by atoms with Crippen LogP contribution in [0.3, 0.4) is 0 Å². The summed E-state index contributed by atoms with van der Waals surface area (Å²) in [5, 5.41) is 8.56. The molecule has 0 unspecified atom stereocenters. The van der Waals surface area contributed by atoms with Gasteiger partial charge in [-0.1, -0.05) is 58.0 Å². The van der Waals surface area contributed by atoms with Gasteiger partial charge < -0.3 is 27.4 Å². The fourth-order valence-corrected chi connectivity index (χ4v) is 3.09. The van der Waals surface area contributed by atoms with Crippen LogP contribution in [-0.2, 0) is 11.3 Å². The Morgan fingerprint density at radius 3 is 2.36 bits per heavy atom. The molecule has 3 aromatic rings. The summed E-state index contributed by atoms with van der Waals surface area (Å²) in [5.74, 6) is -0.438. The van der Waals surface area contributed by atoms with Crippen LogP contribution >= 0.6 is 0 Å². The highest BCUT2D eigenvalue weighted by Crippen LogP contribution is 2.26. The van der Waals surface area contributed by atoms with Gasteiger partial charge >= 0.3 is 5.97 Å². The van der Waals surface area contributed by atoms with Gasteiger partial charge in [0.2, 0.25) is 0 Å². The highest BCUT2D eigenvalue weighted by atomic mass is 16.5. The van der Waals surface area contributed by atoms with Crippen molar-refractivity contribution in [1.29, 1.82) is 5.41 Å². The predicted octanol–water partition coefficient (Wildman–Crippen LogP) is 4.56. The zero-order valence-electron chi connectivity index (χ0n) is 21.8. The van der Waals surface area contributed by atoms with E-state index in [9.17, 15) is 4.79 Å². The molecule has 0 bridgehead atoms. The van der Waals surface area contributed by atoms with E-state index in [1.54, 1.807) is 37.4 Å². The number of anilines is 1. The second kappa shape index (κ2) is 16.6. The molecule has 36 heavy (non-hydrogen) atoms. The van der Waals surface area contributed by atoms with Crippen LogP contribution in [0, 0.1) is 5.41 Å². The molecule has 1 aromatic heterocycles. The first-order valence-electron chi connectivity index (χ1n) is 11.8. The Bertz CT molecular complexity index is 1160. The highest BCUT2D eigenvalue weighted by molar-refractivity contribution is 6.15. The Labute approximate surface area is 214 Å². The number of benzene rings is 2. The molecular formula is C28H39N5O3. The fraction of sp³-hybridized carbons (Fsp3) is 0.250. The molecule has 194 valence electrons. The Balaban J connectivity index is 0.00000233. The van der Waals surface area contributed by atoms with Gasteiger partial charge in [-0.2, -0.15) is 0 Å². The lowest BCUT2D eigenvalue weighted by Crippen LogP contribution is -2.13. The second-order valence-electron chi connectivity index (χ2n) is 6.91. The molecule has 0 radical (unpaired) electrons. The molecule has 9 N–H and O–H groups in total. The number of rotatable bonds is 7. The molecule has 0 amide bonds. The number of allylic oxidation sites excluding steroid dienone is 1. The lowest BCUT2D eigenvalue weighted by molar-refractivity contribution is 0.0526. The molecule has 1 heterocycles. The average Bonchev–Trinajstić information content (AvgIpc) is 2.91. The third kappa shape index (κ3) is 8.65. The summed E-state index contributed by atoms with van der Waals surface area (Å²) in [7, 11) is 0. The summed E-state index contributed by atoms with van der Waals surface area (Å²) in [6.07, 6.45) is 4.81. The van der Waals surface area contributed by atoms with Crippen molar-refractivity contribution in [1.82, 2.24) is 4.98 Å². The van der Waals surface area contributed by atoms with Gasteiger partial charge in [-0.05, 0) is 47.9 Å². The predicted molar refractivity (Wildman–Crippen MR) is 150 cm³/mol. The maximum atomic E-state index is 12.0. The lowest BCUT2D eigenvalue weighted by atomic mass is 9.97. The van der Waals surface area contributed by atoms with Crippen molar-refractivity contribution >= 4 is 23.4 Å². The van der Waals surface area contributed by atoms with E-state index in [4.69, 9.17) is 27.3 Å². The Hall–Kier alpha value is -4.01. The van der Waals surface area contributed by atoms with Gasteiger partial charge in [-0.3, -0.25) is 10.4 Å². The van der Waals surface area contributed by atoms with Crippen LogP contribution in [0.5, 0.6) is 0 Å². The number of pyridine rings is 1. The van der Waals surface area contributed by atoms with Gasteiger partial charge in [0.25, 0.3) is 0 Å². The standard InChI is InChI=1S/C24H25N5O2.2C2H6.H2O/c1-2-31-24(30)19-10-18(13-29-14-19)17-6-7-21(26)20(11-17)23(28)22(27)9-15-4-3-5-16(8-15)12-25;2*1-2;/h3-11,13-14,28H,2,12,25-27H2,1H3;2*1-2H3;1H2/b22-9-,28-23?;;;. The maximum absolute atomic E-state index is 12.0. The van der Waals surface area contributed by atoms with Crippen LogP contribution in [0.4, 0.5) is 5.69 Å². The topological polar surface area (TPSA) is 173 Å². The molecule has 0 aliphatic heterocycles. The van der Waals surface area contributed by atoms with E-state index in [0.717, 1.165) is 16.7 Å². The monoisotopic (exact) mass is 493 g/mol. The molecule has 0 aliphatic carbocycles. The Morgan fingerprint density at radius 1 is 1.03 bits per heavy atom. The Kier molecular flexibility index (Phi) is 14.7. The summed E-state index contributed by atoms with van der Waals surface area (Å²) in [5.41, 5.74) is 23.0. The zero-order valence-corrected chi connectivity index (χ0v) is 21.8. The number of carbonyl (C=O) groups excluding carboxylic acids is 1. The number of nitrogen functional groups attached to an aromatic ring is 1. The smallest absolute Gasteiger partial charge is 0.339 e. The summed E-state index contributed by atoms with van der Waals surface area (Å²) in [4.78, 5) is 16.2. The quantitative estimate of drug-likeness (QED) is 0.213. The van der Waals surface area contributed by atoms with Crippen molar-refractivity contribution in [2.45, 2.75) is 41.2 Å². The van der Waals surface area contributed by atoms with Crippen LogP contribution in [0.2, 0.25) is 0 Å². The maximum Gasteiger partial charge on any atom is 0.339 e. The number of ether oxygens (including phenoxy) is 1. The van der Waals surface area contributed by atoms with E-state index in [2.05, 4.69) is 4.98 Å². The van der Waals surface area contributed by atoms with Gasteiger partial charge in [0.1, 0.15) is 0 Å². The molecule has 8 heteroatoms. The number of carbonyl (C=O) groups is 1. The van der Waals surface area contributed by atoms with Crippen molar-refractivity contribution in [3.63, 3.8) is 0 Å². The van der Waals surface area contributed by atoms with Crippen LogP contribution in [-0.4, -0.2) is 28.7 Å². The summed E-state index contributed by atoms with van der Waals surface area (Å²) < 4.78 is 5.04. The first-order chi connectivity index (χ1) is 16.9. The van der Waals surface area contributed by atoms with E-state index < -0.39 is 5.97 Å². The van der Waals surface area contributed by atoms with Gasteiger partial charge in [0.15, 0.2) is 0 Å². The Morgan fingerprint density at radius 2 is 1.72 bits per heavy atom. The number of aromatic nitrogens is 1. The second-order valence-corrected chi connectivity index (χ2v) is 6.91. The third-order valence-electron chi connectivity index (χ3n) is 4.70. The SMILES string of the molecule is CC.CC.CCOC(=O)c1cncc(-c2ccc(N)c(C(=N)/C(N)=C/c3cccc(CN)c3)c2)c1.O. The zero-order chi connectivity index (χ0) is 26.4. The molecule has 3 rings (SSSR count). The van der Waals surface area contributed by atoms with Crippen LogP contribution < -0.4 is 17.2 Å². The van der Waals surface area contributed by atoms with Crippen LogP contribution in [0.1, 0.15) is 61.7 Å². The molecule has 0 fully saturated rings. The van der Waals surface area contributed by atoms with Crippen molar-refractivity contribution in [2.24, 2.45) is 11.5 Å². The molecule has 0 aliphatic rings. The molecule has 0 atom stereocenters. The summed E-state index contributed by atoms with van der Waals surface area (Å²) >= 11 is 0. The molecule has 0 saturated heterocycles. The van der Waals surface area contributed by atoms with E-state index in [1.165, 1.54) is 6.20 Å². The first-order valence-corrected chi connectivity index (χ1v) is 11.8. The first kappa shape index (κ1) is 32.0. The van der Waals surface area contributed by atoms with Crippen molar-refractivity contribution in [2.75, 3.05) is 12.3 Å². The van der Waals surface area contributed by atoms with Gasteiger partial charge in [-0.25, -0.2) is 4.79 Å². The number of nitrogens with zero attached hydrogens (tertiary/aromatic N) is 1. The number of esters is 1. The molecular weight excluding hydrogens is 454 g/mol. The van der Waals surface area contributed by atoms with E-state index in [1.807, 2.05) is 58.0 Å². The minimum atomic E-state index is -0.438. The largest absolute Gasteiger partial charge is 0.462 e. The lowest BCUT2D eigenvalue weighted by Gasteiger charge is -2.12. The van der Waals surface area contributed by atoms with E-state index in [-0.39, 0.29) is 23.5 Å². The third-order valence-corrected chi connectivity index (χ3v) is 4.70. The molecule has 0 spiro atoms. The number of nitrogens with two attached hydrogens (primary N) is 3. The summed E-state index contributed by atoms with van der Waals surface area (Å²) in [6, 6.07) is 14.6. The number of nitrogens with one attached hydrogen (secondary N) is 1. The van der Waals surface area contributed by atoms with E-state index >= 15 is 0 Å². The summed E-state index contributed by atoms with van der Waals surface area (Å²) in [6.45, 7) is 10.5. The highest BCUT2D eigenvalue weighted by Gasteiger charge is 2.13. The molecule has 2 aromatic carbocycles. The van der Waals surface area contributed by atoms with Gasteiger partial charge in [0.05, 0.1) is 23.6 Å². The number of hydrogen-bond acceptors (Lipinski definition) is 7. The van der Waals surface area contributed by atoms with Crippen LogP contribution in [0.25, 0.3) is 17.2 Å². The fourth-order valence-electron chi connectivity index (χ4n) is 3.09. The van der Waals surface area contributed by atoms with Crippen molar-refractivity contribution < 1.29 is 15.0 Å². The van der Waals surface area contributed by atoms with Crippen molar-refractivity contribution in [3.05, 3.63) is 88.9 Å². The van der Waals surface area contributed by atoms with Gasteiger partial charge in [-0.15, -0.1) is 0 Å². The number of hydrogen-bond donors (Lipinski definition) is 4. The average molecular weight is 494 g/mol. The molecule has 8 nitrogen and oxygen atoms in total. The minimum absolute atomic E-state index is 0. The van der Waals surface area contributed by atoms with E-state index in [0.29, 0.717) is 28.9 Å².